The highest BCUT2D eigenvalue weighted by Crippen LogP contribution is 2.28. The van der Waals surface area contributed by atoms with Gasteiger partial charge < -0.3 is 10.1 Å². The van der Waals surface area contributed by atoms with E-state index in [2.05, 4.69) is 25.2 Å². The normalized spacial score (nSPS) is 10.6. The Labute approximate surface area is 195 Å². The molecule has 2 aromatic heterocycles. The first-order chi connectivity index (χ1) is 16.0. The number of hydrogen-bond donors (Lipinski definition) is 1. The van der Waals surface area contributed by atoms with Crippen LogP contribution in [0.4, 0.5) is 5.69 Å². The number of amides is 1. The molecule has 2 heterocycles. The first kappa shape index (κ1) is 22.2. The minimum atomic E-state index is -0.428. The maximum Gasteiger partial charge on any atom is 0.337 e. The summed E-state index contributed by atoms with van der Waals surface area (Å²) >= 11 is 1.28. The van der Waals surface area contributed by atoms with Gasteiger partial charge in [0.25, 0.3) is 0 Å². The Morgan fingerprint density at radius 2 is 1.79 bits per heavy atom. The van der Waals surface area contributed by atoms with E-state index in [0.717, 1.165) is 16.8 Å². The summed E-state index contributed by atoms with van der Waals surface area (Å²) in [5, 5.41) is 12.1. The molecule has 1 amide bonds. The Kier molecular flexibility index (Phi) is 6.80. The highest BCUT2D eigenvalue weighted by atomic mass is 32.2. The maximum absolute atomic E-state index is 12.5. The maximum atomic E-state index is 12.5. The van der Waals surface area contributed by atoms with Crippen LogP contribution in [0, 0.1) is 6.92 Å². The summed E-state index contributed by atoms with van der Waals surface area (Å²) in [4.78, 5) is 28.3. The fraction of sp³-hybridized carbons (Fsp3) is 0.125. The molecule has 4 aromatic rings. The van der Waals surface area contributed by atoms with E-state index < -0.39 is 5.97 Å². The molecule has 0 fully saturated rings. The predicted octanol–water partition coefficient (Wildman–Crippen LogP) is 4.16. The van der Waals surface area contributed by atoms with Crippen molar-refractivity contribution in [3.05, 3.63) is 84.2 Å². The van der Waals surface area contributed by atoms with E-state index in [1.807, 2.05) is 47.9 Å². The number of esters is 1. The zero-order valence-corrected chi connectivity index (χ0v) is 18.9. The molecule has 0 saturated heterocycles. The number of thioether (sulfide) groups is 1. The average molecular weight is 460 g/mol. The summed E-state index contributed by atoms with van der Waals surface area (Å²) in [6.45, 7) is 2.02. The van der Waals surface area contributed by atoms with Crippen molar-refractivity contribution in [3.8, 4) is 17.1 Å². The molecule has 0 radical (unpaired) electrons. The van der Waals surface area contributed by atoms with Gasteiger partial charge in [-0.25, -0.2) is 4.79 Å². The monoisotopic (exact) mass is 459 g/mol. The number of carbonyl (C=O) groups excluding carboxylic acids is 2. The number of aromatic nitrogens is 4. The van der Waals surface area contributed by atoms with Crippen molar-refractivity contribution in [1.82, 2.24) is 19.7 Å². The highest BCUT2D eigenvalue weighted by molar-refractivity contribution is 7.99. The Balaban J connectivity index is 1.52. The van der Waals surface area contributed by atoms with E-state index in [9.17, 15) is 9.59 Å². The van der Waals surface area contributed by atoms with Crippen molar-refractivity contribution in [2.24, 2.45) is 0 Å². The van der Waals surface area contributed by atoms with Crippen LogP contribution in [0.15, 0.2) is 78.2 Å². The van der Waals surface area contributed by atoms with Crippen LogP contribution in [-0.2, 0) is 9.53 Å². The molecule has 0 aliphatic heterocycles. The number of ether oxygens (including phenoxy) is 1. The van der Waals surface area contributed by atoms with E-state index in [0.29, 0.717) is 22.2 Å². The summed E-state index contributed by atoms with van der Waals surface area (Å²) < 4.78 is 6.60. The third-order valence-corrected chi connectivity index (χ3v) is 5.70. The van der Waals surface area contributed by atoms with Crippen LogP contribution in [0.2, 0.25) is 0 Å². The molecule has 4 rings (SSSR count). The predicted molar refractivity (Wildman–Crippen MR) is 126 cm³/mol. The lowest BCUT2D eigenvalue weighted by Crippen LogP contribution is -2.14. The molecule has 0 spiro atoms. The highest BCUT2D eigenvalue weighted by Gasteiger charge is 2.17. The molecule has 1 N–H and O–H groups in total. The third kappa shape index (κ3) is 5.27. The molecule has 0 atom stereocenters. The molecule has 0 aliphatic rings. The first-order valence-electron chi connectivity index (χ1n) is 10.1. The number of carbonyl (C=O) groups is 2. The van der Waals surface area contributed by atoms with Gasteiger partial charge in [0.15, 0.2) is 11.0 Å². The van der Waals surface area contributed by atoms with Crippen LogP contribution in [0.3, 0.4) is 0 Å². The Hall–Kier alpha value is -3.98. The van der Waals surface area contributed by atoms with Crippen LogP contribution in [0.25, 0.3) is 17.1 Å². The molecule has 2 aromatic carbocycles. The van der Waals surface area contributed by atoms with E-state index in [1.165, 1.54) is 18.9 Å². The van der Waals surface area contributed by atoms with Gasteiger partial charge in [0, 0.05) is 29.3 Å². The lowest BCUT2D eigenvalue weighted by molar-refractivity contribution is -0.113. The van der Waals surface area contributed by atoms with Gasteiger partial charge in [-0.15, -0.1) is 10.2 Å². The van der Waals surface area contributed by atoms with Crippen molar-refractivity contribution < 1.29 is 14.3 Å². The zero-order valence-electron chi connectivity index (χ0n) is 18.1. The summed E-state index contributed by atoms with van der Waals surface area (Å²) in [6.07, 6.45) is 3.43. The van der Waals surface area contributed by atoms with Gasteiger partial charge in [0.05, 0.1) is 18.4 Å². The molecular formula is C24H21N5O3S. The number of methoxy groups -OCH3 is 1. The second kappa shape index (κ2) is 10.1. The fourth-order valence-corrected chi connectivity index (χ4v) is 3.86. The summed E-state index contributed by atoms with van der Waals surface area (Å²) in [5.74, 6) is 0.152. The number of pyridine rings is 1. The van der Waals surface area contributed by atoms with Crippen molar-refractivity contribution in [2.45, 2.75) is 12.1 Å². The standard InChI is InChI=1S/C24H21N5O3S/c1-16-5-11-20(12-6-16)29-22(18-4-3-13-25-14-18)27-28-24(29)33-15-21(30)26-19-9-7-17(8-10-19)23(31)32-2/h3-14H,15H2,1-2H3,(H,26,30). The number of nitrogens with zero attached hydrogens (tertiary/aromatic N) is 4. The van der Waals surface area contributed by atoms with Gasteiger partial charge >= 0.3 is 5.97 Å². The van der Waals surface area contributed by atoms with E-state index in [-0.39, 0.29) is 11.7 Å². The topological polar surface area (TPSA) is 99.0 Å². The van der Waals surface area contributed by atoms with E-state index >= 15 is 0 Å². The van der Waals surface area contributed by atoms with Crippen LogP contribution in [-0.4, -0.2) is 44.5 Å². The van der Waals surface area contributed by atoms with Gasteiger partial charge in [0.2, 0.25) is 5.91 Å². The van der Waals surface area contributed by atoms with Crippen LogP contribution in [0.5, 0.6) is 0 Å². The summed E-state index contributed by atoms with van der Waals surface area (Å²) in [6, 6.07) is 18.3. The van der Waals surface area contributed by atoms with Crippen molar-refractivity contribution in [2.75, 3.05) is 18.2 Å². The SMILES string of the molecule is COC(=O)c1ccc(NC(=O)CSc2nnc(-c3cccnc3)n2-c2ccc(C)cc2)cc1. The summed E-state index contributed by atoms with van der Waals surface area (Å²) in [5.41, 5.74) is 3.86. The molecule has 0 saturated carbocycles. The Morgan fingerprint density at radius 3 is 2.45 bits per heavy atom. The van der Waals surface area contributed by atoms with Crippen LogP contribution in [0.1, 0.15) is 15.9 Å². The lowest BCUT2D eigenvalue weighted by atomic mass is 10.2. The molecule has 33 heavy (non-hydrogen) atoms. The molecule has 0 unspecified atom stereocenters. The number of benzene rings is 2. The minimum Gasteiger partial charge on any atom is -0.465 e. The van der Waals surface area contributed by atoms with Gasteiger partial charge in [-0.1, -0.05) is 29.5 Å². The van der Waals surface area contributed by atoms with Crippen LogP contribution < -0.4 is 5.32 Å². The van der Waals surface area contributed by atoms with Gasteiger partial charge in [0.1, 0.15) is 0 Å². The average Bonchev–Trinajstić information content (AvgIpc) is 3.28. The van der Waals surface area contributed by atoms with Gasteiger partial charge in [-0.3, -0.25) is 14.3 Å². The largest absolute Gasteiger partial charge is 0.465 e. The zero-order chi connectivity index (χ0) is 23.2. The molecule has 166 valence electrons. The van der Waals surface area contributed by atoms with E-state index in [4.69, 9.17) is 0 Å². The Bertz CT molecular complexity index is 1260. The minimum absolute atomic E-state index is 0.135. The molecule has 9 heteroatoms. The second-order valence-corrected chi connectivity index (χ2v) is 8.07. The lowest BCUT2D eigenvalue weighted by Gasteiger charge is -2.11. The quantitative estimate of drug-likeness (QED) is 0.327. The smallest absolute Gasteiger partial charge is 0.337 e. The third-order valence-electron chi connectivity index (χ3n) is 4.77. The summed E-state index contributed by atoms with van der Waals surface area (Å²) in [7, 11) is 1.32. The molecular weight excluding hydrogens is 438 g/mol. The van der Waals surface area contributed by atoms with E-state index in [1.54, 1.807) is 36.7 Å². The molecule has 0 aliphatic carbocycles. The van der Waals surface area contributed by atoms with Crippen molar-refractivity contribution in [3.63, 3.8) is 0 Å². The number of hydrogen-bond acceptors (Lipinski definition) is 7. The number of anilines is 1. The first-order valence-corrected chi connectivity index (χ1v) is 11.1. The Morgan fingerprint density at radius 1 is 1.03 bits per heavy atom. The van der Waals surface area contributed by atoms with Crippen molar-refractivity contribution in [1.29, 1.82) is 0 Å². The molecule has 0 bridgehead atoms. The number of nitrogens with one attached hydrogen (secondary N) is 1. The van der Waals surface area contributed by atoms with Gasteiger partial charge in [-0.05, 0) is 55.5 Å². The van der Waals surface area contributed by atoms with Crippen LogP contribution >= 0.6 is 11.8 Å². The fourth-order valence-electron chi connectivity index (χ4n) is 3.11. The van der Waals surface area contributed by atoms with Crippen molar-refractivity contribution >= 4 is 29.3 Å². The second-order valence-electron chi connectivity index (χ2n) is 7.12. The number of aryl methyl sites for hydroxylation is 1. The van der Waals surface area contributed by atoms with Gasteiger partial charge in [-0.2, -0.15) is 0 Å². The number of rotatable bonds is 7. The molecule has 8 nitrogen and oxygen atoms in total.